The maximum atomic E-state index is 10.9. The molecule has 2 heteroatoms. The Morgan fingerprint density at radius 1 is 1.62 bits per heavy atom. The van der Waals surface area contributed by atoms with E-state index in [1.54, 1.807) is 0 Å². The van der Waals surface area contributed by atoms with E-state index in [1.807, 2.05) is 12.2 Å². The summed E-state index contributed by atoms with van der Waals surface area (Å²) < 4.78 is 5.09. The fourth-order valence-electron chi connectivity index (χ4n) is 1.21. The number of cyclic esters (lactones) is 1. The van der Waals surface area contributed by atoms with Gasteiger partial charge in [-0.15, -0.1) is 0 Å². The molecule has 13 heavy (non-hydrogen) atoms. The Bertz CT molecular complexity index is 216. The molecule has 1 aliphatic heterocycles. The van der Waals surface area contributed by atoms with Crippen molar-refractivity contribution in [3.05, 3.63) is 24.3 Å². The molecule has 0 saturated heterocycles. The molecule has 1 unspecified atom stereocenters. The molecule has 0 N–H and O–H groups in total. The van der Waals surface area contributed by atoms with Gasteiger partial charge >= 0.3 is 5.97 Å². The fraction of sp³-hybridized carbons (Fsp3) is 0.545. The Kier molecular flexibility index (Phi) is 4.30. The zero-order chi connectivity index (χ0) is 9.52. The van der Waals surface area contributed by atoms with Crippen LogP contribution in [0.2, 0.25) is 0 Å². The summed E-state index contributed by atoms with van der Waals surface area (Å²) in [6.07, 6.45) is 11.5. The lowest BCUT2D eigenvalue weighted by Crippen LogP contribution is -2.18. The van der Waals surface area contributed by atoms with Crippen LogP contribution in [-0.4, -0.2) is 12.1 Å². The third-order valence-electron chi connectivity index (χ3n) is 1.91. The van der Waals surface area contributed by atoms with E-state index in [0.29, 0.717) is 6.42 Å². The van der Waals surface area contributed by atoms with Crippen molar-refractivity contribution in [3.8, 4) is 0 Å². The van der Waals surface area contributed by atoms with Gasteiger partial charge in [-0.2, -0.15) is 0 Å². The van der Waals surface area contributed by atoms with E-state index in [2.05, 4.69) is 19.1 Å². The molecular weight excluding hydrogens is 164 g/mol. The first kappa shape index (κ1) is 10.0. The summed E-state index contributed by atoms with van der Waals surface area (Å²) in [5, 5.41) is 0. The van der Waals surface area contributed by atoms with Crippen molar-refractivity contribution < 1.29 is 9.53 Å². The van der Waals surface area contributed by atoms with Crippen LogP contribution in [0.15, 0.2) is 24.3 Å². The molecule has 0 aromatic heterocycles. The highest BCUT2D eigenvalue weighted by molar-refractivity contribution is 5.72. The van der Waals surface area contributed by atoms with Gasteiger partial charge in [-0.05, 0) is 12.5 Å². The molecule has 1 atom stereocenters. The summed E-state index contributed by atoms with van der Waals surface area (Å²) in [5.74, 6) is -0.114. The van der Waals surface area contributed by atoms with Crippen LogP contribution in [0.1, 0.15) is 32.6 Å². The van der Waals surface area contributed by atoms with E-state index in [4.69, 9.17) is 4.74 Å². The number of rotatable bonds is 4. The van der Waals surface area contributed by atoms with Gasteiger partial charge in [0.05, 0.1) is 6.42 Å². The quantitative estimate of drug-likeness (QED) is 0.491. The number of allylic oxidation sites excluding steroid dienone is 1. The Labute approximate surface area is 79.3 Å². The molecule has 1 heterocycles. The van der Waals surface area contributed by atoms with Gasteiger partial charge in [-0.1, -0.05) is 31.6 Å². The van der Waals surface area contributed by atoms with Crippen LogP contribution < -0.4 is 0 Å². The third-order valence-corrected chi connectivity index (χ3v) is 1.91. The van der Waals surface area contributed by atoms with Crippen molar-refractivity contribution in [2.75, 3.05) is 0 Å². The molecule has 2 nitrogen and oxygen atoms in total. The fourth-order valence-corrected chi connectivity index (χ4v) is 1.21. The molecule has 0 aromatic carbocycles. The molecule has 0 spiro atoms. The maximum Gasteiger partial charge on any atom is 0.310 e. The molecule has 1 aliphatic rings. The summed E-state index contributed by atoms with van der Waals surface area (Å²) in [4.78, 5) is 10.9. The molecule has 0 radical (unpaired) electrons. The average Bonchev–Trinajstić information content (AvgIpc) is 2.13. The number of ether oxygens (including phenoxy) is 1. The van der Waals surface area contributed by atoms with Gasteiger partial charge in [-0.25, -0.2) is 0 Å². The Hall–Kier alpha value is -1.05. The van der Waals surface area contributed by atoms with Gasteiger partial charge in [0, 0.05) is 6.42 Å². The highest BCUT2D eigenvalue weighted by Crippen LogP contribution is 2.10. The van der Waals surface area contributed by atoms with Crippen LogP contribution >= 0.6 is 0 Å². The second-order valence-electron chi connectivity index (χ2n) is 3.16. The van der Waals surface area contributed by atoms with Crippen LogP contribution in [0.3, 0.4) is 0 Å². The number of esters is 1. The molecule has 0 bridgehead atoms. The minimum absolute atomic E-state index is 0.0330. The van der Waals surface area contributed by atoms with Crippen molar-refractivity contribution in [2.45, 2.75) is 38.7 Å². The van der Waals surface area contributed by atoms with E-state index < -0.39 is 0 Å². The van der Waals surface area contributed by atoms with E-state index in [9.17, 15) is 4.79 Å². The zero-order valence-corrected chi connectivity index (χ0v) is 8.03. The predicted octanol–water partition coefficient (Wildman–Crippen LogP) is 2.60. The van der Waals surface area contributed by atoms with Crippen LogP contribution in [-0.2, 0) is 9.53 Å². The van der Waals surface area contributed by atoms with Crippen LogP contribution in [0.5, 0.6) is 0 Å². The first-order valence-corrected chi connectivity index (χ1v) is 4.84. The summed E-state index contributed by atoms with van der Waals surface area (Å²) in [5.41, 5.74) is 0. The minimum atomic E-state index is -0.114. The largest absolute Gasteiger partial charge is 0.458 e. The summed E-state index contributed by atoms with van der Waals surface area (Å²) in [6, 6.07) is 0. The standard InChI is InChI=1S/C11H16O2/c1-2-3-4-5-7-10-8-6-9-11(12)13-10/h4-6,8,10H,2-3,7,9H2,1H3/b5-4+. The van der Waals surface area contributed by atoms with Gasteiger partial charge in [0.1, 0.15) is 6.10 Å². The predicted molar refractivity (Wildman–Crippen MR) is 52.3 cm³/mol. The lowest BCUT2D eigenvalue weighted by atomic mass is 10.1. The molecule has 1 rings (SSSR count). The van der Waals surface area contributed by atoms with Gasteiger partial charge in [0.15, 0.2) is 0 Å². The van der Waals surface area contributed by atoms with Crippen LogP contribution in [0.25, 0.3) is 0 Å². The topological polar surface area (TPSA) is 26.3 Å². The van der Waals surface area contributed by atoms with Crippen molar-refractivity contribution in [3.63, 3.8) is 0 Å². The van der Waals surface area contributed by atoms with Crippen molar-refractivity contribution >= 4 is 5.97 Å². The monoisotopic (exact) mass is 180 g/mol. The van der Waals surface area contributed by atoms with Crippen molar-refractivity contribution in [1.29, 1.82) is 0 Å². The molecule has 0 aromatic rings. The highest BCUT2D eigenvalue weighted by atomic mass is 16.5. The number of hydrogen-bond donors (Lipinski definition) is 0. The minimum Gasteiger partial charge on any atom is -0.458 e. The maximum absolute atomic E-state index is 10.9. The van der Waals surface area contributed by atoms with E-state index in [1.165, 1.54) is 0 Å². The number of unbranched alkanes of at least 4 members (excludes halogenated alkanes) is 1. The smallest absolute Gasteiger partial charge is 0.310 e. The van der Waals surface area contributed by atoms with Crippen molar-refractivity contribution in [2.24, 2.45) is 0 Å². The molecule has 0 amide bonds. The van der Waals surface area contributed by atoms with Gasteiger partial charge in [-0.3, -0.25) is 4.79 Å². The lowest BCUT2D eigenvalue weighted by Gasteiger charge is -2.15. The van der Waals surface area contributed by atoms with Gasteiger partial charge in [0.25, 0.3) is 0 Å². The number of carbonyl (C=O) groups excluding carboxylic acids is 1. The van der Waals surface area contributed by atoms with Crippen molar-refractivity contribution in [1.82, 2.24) is 0 Å². The third kappa shape index (κ3) is 3.92. The summed E-state index contributed by atoms with van der Waals surface area (Å²) >= 11 is 0. The molecule has 72 valence electrons. The molecule has 0 fully saturated rings. The number of carbonyl (C=O) groups is 1. The van der Waals surface area contributed by atoms with E-state index in [-0.39, 0.29) is 12.1 Å². The first-order chi connectivity index (χ1) is 6.33. The van der Waals surface area contributed by atoms with Crippen LogP contribution in [0, 0.1) is 0 Å². The van der Waals surface area contributed by atoms with Crippen LogP contribution in [0.4, 0.5) is 0 Å². The normalized spacial score (nSPS) is 22.2. The number of hydrogen-bond acceptors (Lipinski definition) is 2. The second-order valence-corrected chi connectivity index (χ2v) is 3.16. The van der Waals surface area contributed by atoms with Gasteiger partial charge < -0.3 is 4.74 Å². The second kappa shape index (κ2) is 5.57. The highest BCUT2D eigenvalue weighted by Gasteiger charge is 2.12. The summed E-state index contributed by atoms with van der Waals surface area (Å²) in [6.45, 7) is 2.14. The SMILES string of the molecule is CCC/C=C/CC1C=CCC(=O)O1. The Morgan fingerprint density at radius 3 is 3.15 bits per heavy atom. The van der Waals surface area contributed by atoms with E-state index in [0.717, 1.165) is 19.3 Å². The first-order valence-electron chi connectivity index (χ1n) is 4.84. The Balaban J connectivity index is 2.25. The van der Waals surface area contributed by atoms with Gasteiger partial charge in [0.2, 0.25) is 0 Å². The zero-order valence-electron chi connectivity index (χ0n) is 8.03. The Morgan fingerprint density at radius 2 is 2.46 bits per heavy atom. The lowest BCUT2D eigenvalue weighted by molar-refractivity contribution is -0.146. The molecule has 0 saturated carbocycles. The van der Waals surface area contributed by atoms with E-state index >= 15 is 0 Å². The average molecular weight is 180 g/mol. The molecular formula is C11H16O2. The summed E-state index contributed by atoms with van der Waals surface area (Å²) in [7, 11) is 0. The molecule has 0 aliphatic carbocycles.